The van der Waals surface area contributed by atoms with E-state index in [0.717, 1.165) is 16.7 Å². The lowest BCUT2D eigenvalue weighted by Gasteiger charge is -2.45. The van der Waals surface area contributed by atoms with Gasteiger partial charge in [-0.3, -0.25) is 14.2 Å². The number of halogens is 1. The van der Waals surface area contributed by atoms with Crippen molar-refractivity contribution in [1.82, 2.24) is 4.57 Å². The number of carbonyl (C=O) groups is 1. The van der Waals surface area contributed by atoms with Gasteiger partial charge in [0.15, 0.2) is 4.80 Å². The van der Waals surface area contributed by atoms with E-state index in [0.29, 0.717) is 25.8 Å². The van der Waals surface area contributed by atoms with E-state index in [-0.39, 0.29) is 11.5 Å². The summed E-state index contributed by atoms with van der Waals surface area (Å²) in [6.45, 7) is 3.75. The number of amides is 1. The summed E-state index contributed by atoms with van der Waals surface area (Å²) < 4.78 is 8.50. The third kappa shape index (κ3) is 3.58. The number of rotatable bonds is 3. The van der Waals surface area contributed by atoms with Crippen molar-refractivity contribution in [2.45, 2.75) is 25.6 Å². The molecule has 1 amide bonds. The smallest absolute Gasteiger partial charge is 0.270 e. The molecule has 180 valence electrons. The van der Waals surface area contributed by atoms with Gasteiger partial charge in [0.25, 0.3) is 5.56 Å². The molecule has 4 aromatic rings. The van der Waals surface area contributed by atoms with E-state index in [2.05, 4.69) is 5.32 Å². The van der Waals surface area contributed by atoms with Gasteiger partial charge >= 0.3 is 0 Å². The lowest BCUT2D eigenvalue weighted by atomic mass is 9.80. The Bertz CT molecular complexity index is 1710. The maximum atomic E-state index is 13.8. The van der Waals surface area contributed by atoms with Crippen LogP contribution >= 0.6 is 22.9 Å². The predicted molar refractivity (Wildman–Crippen MR) is 141 cm³/mol. The van der Waals surface area contributed by atoms with Gasteiger partial charge in [0.2, 0.25) is 11.6 Å². The lowest BCUT2D eigenvalue weighted by molar-refractivity contribution is -0.131. The van der Waals surface area contributed by atoms with E-state index in [9.17, 15) is 9.59 Å². The minimum Gasteiger partial charge on any atom is -0.465 e. The Labute approximate surface area is 216 Å². The SMILES string of the molecule is Cc1ccccc1NC(=O)C1C2c3ccccc3OC1(C)N=c1s/c(=C/c3ccccc3Cl)c(=O)n12. The molecule has 6 rings (SSSR count). The molecule has 2 aliphatic heterocycles. The van der Waals surface area contributed by atoms with Crippen LogP contribution in [0.15, 0.2) is 82.6 Å². The first-order valence-corrected chi connectivity index (χ1v) is 12.8. The van der Waals surface area contributed by atoms with Gasteiger partial charge in [0.05, 0.1) is 10.6 Å². The Morgan fingerprint density at radius 3 is 2.64 bits per heavy atom. The van der Waals surface area contributed by atoms with Crippen LogP contribution in [0, 0.1) is 12.8 Å². The zero-order valence-corrected chi connectivity index (χ0v) is 21.1. The van der Waals surface area contributed by atoms with Gasteiger partial charge in [-0.05, 0) is 49.2 Å². The van der Waals surface area contributed by atoms with Gasteiger partial charge in [-0.1, -0.05) is 77.5 Å². The molecule has 2 bridgehead atoms. The Morgan fingerprint density at radius 1 is 1.11 bits per heavy atom. The van der Waals surface area contributed by atoms with Crippen LogP contribution in [-0.2, 0) is 4.79 Å². The second kappa shape index (κ2) is 8.47. The molecule has 1 N–H and O–H groups in total. The summed E-state index contributed by atoms with van der Waals surface area (Å²) in [6, 6.07) is 21.9. The van der Waals surface area contributed by atoms with Gasteiger partial charge < -0.3 is 10.1 Å². The van der Waals surface area contributed by atoms with E-state index < -0.39 is 17.7 Å². The van der Waals surface area contributed by atoms with Crippen LogP contribution in [0.2, 0.25) is 5.02 Å². The molecule has 0 aliphatic carbocycles. The molecule has 2 aliphatic rings. The number of nitrogens with one attached hydrogen (secondary N) is 1. The summed E-state index contributed by atoms with van der Waals surface area (Å²) in [5, 5.41) is 3.61. The van der Waals surface area contributed by atoms with Crippen LogP contribution in [0.4, 0.5) is 5.69 Å². The number of aryl methyl sites for hydroxylation is 1. The molecule has 0 radical (unpaired) electrons. The van der Waals surface area contributed by atoms with Gasteiger partial charge in [0.1, 0.15) is 11.7 Å². The molecule has 0 saturated heterocycles. The highest BCUT2D eigenvalue weighted by atomic mass is 35.5. The molecule has 3 atom stereocenters. The first-order valence-electron chi connectivity index (χ1n) is 11.6. The number of anilines is 1. The monoisotopic (exact) mass is 515 g/mol. The van der Waals surface area contributed by atoms with Gasteiger partial charge in [-0.25, -0.2) is 4.99 Å². The van der Waals surface area contributed by atoms with Crippen molar-refractivity contribution < 1.29 is 9.53 Å². The normalized spacial score (nSPS) is 22.1. The summed E-state index contributed by atoms with van der Waals surface area (Å²) in [7, 11) is 0. The molecule has 3 aromatic carbocycles. The summed E-state index contributed by atoms with van der Waals surface area (Å²) in [6.07, 6.45) is 1.78. The highest BCUT2D eigenvalue weighted by molar-refractivity contribution is 7.07. The average Bonchev–Trinajstić information content (AvgIpc) is 3.14. The molecular weight excluding hydrogens is 494 g/mol. The van der Waals surface area contributed by atoms with Gasteiger partial charge in [-0.2, -0.15) is 0 Å². The molecule has 3 heterocycles. The second-order valence-corrected chi connectivity index (χ2v) is 10.5. The topological polar surface area (TPSA) is 72.7 Å². The van der Waals surface area contributed by atoms with E-state index >= 15 is 0 Å². The Morgan fingerprint density at radius 2 is 1.83 bits per heavy atom. The zero-order valence-electron chi connectivity index (χ0n) is 19.6. The second-order valence-electron chi connectivity index (χ2n) is 9.12. The number of hydrogen-bond acceptors (Lipinski definition) is 5. The van der Waals surface area contributed by atoms with Crippen LogP contribution in [0.1, 0.15) is 29.7 Å². The van der Waals surface area contributed by atoms with Crippen molar-refractivity contribution >= 4 is 40.6 Å². The number of aromatic nitrogens is 1. The first kappa shape index (κ1) is 22.8. The van der Waals surface area contributed by atoms with Crippen LogP contribution in [0.25, 0.3) is 6.08 Å². The Hall–Kier alpha value is -3.68. The number of fused-ring (bicyclic) bond motifs is 6. The fourth-order valence-corrected chi connectivity index (χ4v) is 6.28. The molecule has 6 nitrogen and oxygen atoms in total. The number of thiazole rings is 1. The van der Waals surface area contributed by atoms with Crippen LogP contribution in [0.3, 0.4) is 0 Å². The van der Waals surface area contributed by atoms with Crippen molar-refractivity contribution in [1.29, 1.82) is 0 Å². The largest absolute Gasteiger partial charge is 0.465 e. The van der Waals surface area contributed by atoms with E-state index in [1.165, 1.54) is 11.3 Å². The summed E-state index contributed by atoms with van der Waals surface area (Å²) in [4.78, 5) is 33.0. The third-order valence-electron chi connectivity index (χ3n) is 6.76. The van der Waals surface area contributed by atoms with Crippen LogP contribution < -0.4 is 24.9 Å². The summed E-state index contributed by atoms with van der Waals surface area (Å²) in [5.74, 6) is -0.399. The molecule has 0 saturated carbocycles. The van der Waals surface area contributed by atoms with E-state index in [4.69, 9.17) is 21.3 Å². The number of nitrogens with zero attached hydrogens (tertiary/aromatic N) is 2. The van der Waals surface area contributed by atoms with Crippen molar-refractivity contribution in [3.63, 3.8) is 0 Å². The van der Waals surface area contributed by atoms with Crippen molar-refractivity contribution in [3.05, 3.63) is 114 Å². The molecule has 0 spiro atoms. The quantitative estimate of drug-likeness (QED) is 0.442. The number of benzene rings is 3. The Kier molecular flexibility index (Phi) is 5.35. The molecule has 36 heavy (non-hydrogen) atoms. The van der Waals surface area contributed by atoms with Gasteiger partial charge in [0, 0.05) is 16.3 Å². The fraction of sp³-hybridized carbons (Fsp3) is 0.179. The van der Waals surface area contributed by atoms with E-state index in [1.54, 1.807) is 16.7 Å². The molecule has 1 aromatic heterocycles. The standard InChI is InChI=1S/C28H22ClN3O3S/c1-16-9-3-7-13-20(16)30-25(33)23-24-18-11-5-8-14-21(18)35-28(23,2)31-27-32(24)26(34)22(36-27)15-17-10-4-6-12-19(17)29/h3-15,23-24H,1-2H3,(H,30,33)/b22-15+. The number of para-hydroxylation sites is 2. The zero-order chi connectivity index (χ0) is 25.0. The van der Waals surface area contributed by atoms with Crippen molar-refractivity contribution in [3.8, 4) is 5.75 Å². The molecule has 3 unspecified atom stereocenters. The van der Waals surface area contributed by atoms with E-state index in [1.807, 2.05) is 80.6 Å². The summed E-state index contributed by atoms with van der Waals surface area (Å²) in [5.41, 5.74) is 1.78. The molecular formula is C28H22ClN3O3S. The third-order valence-corrected chi connectivity index (χ3v) is 8.08. The first-order chi connectivity index (χ1) is 17.4. The lowest BCUT2D eigenvalue weighted by Crippen LogP contribution is -2.59. The highest BCUT2D eigenvalue weighted by Crippen LogP contribution is 2.47. The van der Waals surface area contributed by atoms with Crippen LogP contribution in [0.5, 0.6) is 5.75 Å². The fourth-order valence-electron chi connectivity index (χ4n) is 5.00. The van der Waals surface area contributed by atoms with Crippen LogP contribution in [-0.4, -0.2) is 16.2 Å². The predicted octanol–water partition coefficient (Wildman–Crippen LogP) is 4.29. The van der Waals surface area contributed by atoms with Crippen molar-refractivity contribution in [2.75, 3.05) is 5.32 Å². The highest BCUT2D eigenvalue weighted by Gasteiger charge is 2.55. The minimum absolute atomic E-state index is 0.212. The minimum atomic E-state index is -1.19. The molecule has 8 heteroatoms. The van der Waals surface area contributed by atoms with Gasteiger partial charge in [-0.15, -0.1) is 0 Å². The maximum Gasteiger partial charge on any atom is 0.270 e. The molecule has 0 fully saturated rings. The number of carbonyl (C=O) groups excluding carboxylic acids is 1. The number of hydrogen-bond donors (Lipinski definition) is 1. The number of ether oxygens (including phenoxy) is 1. The Balaban J connectivity index is 1.55. The summed E-state index contributed by atoms with van der Waals surface area (Å²) >= 11 is 7.63. The van der Waals surface area contributed by atoms with Crippen molar-refractivity contribution in [2.24, 2.45) is 10.9 Å². The average molecular weight is 516 g/mol. The maximum absolute atomic E-state index is 13.8.